The number of hydrogen-bond acceptors (Lipinski definition) is 2. The van der Waals surface area contributed by atoms with Crippen molar-refractivity contribution < 1.29 is 4.79 Å². The summed E-state index contributed by atoms with van der Waals surface area (Å²) < 4.78 is 0. The van der Waals surface area contributed by atoms with E-state index in [9.17, 15) is 4.79 Å². The quantitative estimate of drug-likeness (QED) is 0.291. The zero-order valence-corrected chi connectivity index (χ0v) is 21.4. The summed E-state index contributed by atoms with van der Waals surface area (Å²) in [5, 5.41) is 0.774. The molecule has 0 saturated carbocycles. The van der Waals surface area contributed by atoms with Gasteiger partial charge in [-0.15, -0.1) is 0 Å². The van der Waals surface area contributed by atoms with Gasteiger partial charge in [0.2, 0.25) is 0 Å². The first-order chi connectivity index (χ1) is 17.6. The smallest absolute Gasteiger partial charge is 0.254 e. The van der Waals surface area contributed by atoms with Gasteiger partial charge in [0.05, 0.1) is 0 Å². The van der Waals surface area contributed by atoms with Gasteiger partial charge in [-0.25, -0.2) is 0 Å². The molecule has 5 rings (SSSR count). The molecule has 0 bridgehead atoms. The van der Waals surface area contributed by atoms with Crippen molar-refractivity contribution in [2.45, 2.75) is 25.9 Å². The third-order valence-electron chi connectivity index (χ3n) is 6.96. The van der Waals surface area contributed by atoms with Crippen molar-refractivity contribution in [3.8, 4) is 11.1 Å². The Kier molecular flexibility index (Phi) is 7.50. The fourth-order valence-electron chi connectivity index (χ4n) is 5.05. The van der Waals surface area contributed by atoms with Crippen molar-refractivity contribution in [2.75, 3.05) is 19.6 Å². The van der Waals surface area contributed by atoms with Crippen molar-refractivity contribution in [1.82, 2.24) is 9.80 Å². The van der Waals surface area contributed by atoms with E-state index >= 15 is 0 Å². The zero-order chi connectivity index (χ0) is 24.9. The van der Waals surface area contributed by atoms with Crippen molar-refractivity contribution in [1.29, 1.82) is 0 Å². The number of nitrogens with zero attached hydrogens (tertiary/aromatic N) is 2. The maximum Gasteiger partial charge on any atom is 0.254 e. The van der Waals surface area contributed by atoms with Crippen LogP contribution in [0.3, 0.4) is 0 Å². The van der Waals surface area contributed by atoms with Crippen molar-refractivity contribution in [3.05, 3.63) is 130 Å². The SMILES string of the molecule is Cc1ccc(Cl)c(-c2ccc(CN3CCN(C(=O)c4ccccc4)C(Cc4ccccc4)C3)cc2)c1. The zero-order valence-electron chi connectivity index (χ0n) is 20.6. The molecule has 36 heavy (non-hydrogen) atoms. The van der Waals surface area contributed by atoms with Gasteiger partial charge in [0, 0.05) is 48.4 Å². The number of rotatable bonds is 6. The molecule has 0 aliphatic carbocycles. The maximum absolute atomic E-state index is 13.4. The summed E-state index contributed by atoms with van der Waals surface area (Å²) in [5.41, 5.74) is 6.69. The molecule has 0 spiro atoms. The minimum absolute atomic E-state index is 0.121. The first-order valence-electron chi connectivity index (χ1n) is 12.5. The number of amides is 1. The summed E-state index contributed by atoms with van der Waals surface area (Å²) in [4.78, 5) is 17.9. The van der Waals surface area contributed by atoms with Crippen LogP contribution < -0.4 is 0 Å². The Balaban J connectivity index is 1.31. The number of aryl methyl sites for hydroxylation is 1. The first-order valence-corrected chi connectivity index (χ1v) is 12.9. The molecule has 4 aromatic carbocycles. The lowest BCUT2D eigenvalue weighted by atomic mass is 9.99. The summed E-state index contributed by atoms with van der Waals surface area (Å²) >= 11 is 6.45. The van der Waals surface area contributed by atoms with Crippen LogP contribution >= 0.6 is 11.6 Å². The van der Waals surface area contributed by atoms with Crippen LogP contribution in [0.4, 0.5) is 0 Å². The van der Waals surface area contributed by atoms with E-state index in [-0.39, 0.29) is 11.9 Å². The van der Waals surface area contributed by atoms with Gasteiger partial charge in [-0.1, -0.05) is 96.0 Å². The van der Waals surface area contributed by atoms with Crippen LogP contribution in [-0.4, -0.2) is 41.4 Å². The van der Waals surface area contributed by atoms with Gasteiger partial charge >= 0.3 is 0 Å². The Morgan fingerprint density at radius 1 is 0.833 bits per heavy atom. The second-order valence-electron chi connectivity index (χ2n) is 9.62. The van der Waals surface area contributed by atoms with E-state index in [1.807, 2.05) is 48.5 Å². The Morgan fingerprint density at radius 2 is 1.53 bits per heavy atom. The van der Waals surface area contributed by atoms with E-state index in [1.165, 1.54) is 16.7 Å². The van der Waals surface area contributed by atoms with Gasteiger partial charge in [0.1, 0.15) is 0 Å². The van der Waals surface area contributed by atoms with Crippen LogP contribution in [0.5, 0.6) is 0 Å². The Labute approximate surface area is 219 Å². The van der Waals surface area contributed by atoms with E-state index < -0.39 is 0 Å². The van der Waals surface area contributed by atoms with Crippen molar-refractivity contribution in [3.63, 3.8) is 0 Å². The average molecular weight is 495 g/mol. The van der Waals surface area contributed by atoms with Crippen molar-refractivity contribution in [2.24, 2.45) is 0 Å². The summed E-state index contributed by atoms with van der Waals surface area (Å²) in [6.45, 7) is 5.37. The van der Waals surface area contributed by atoms with E-state index in [1.54, 1.807) is 0 Å². The van der Waals surface area contributed by atoms with E-state index in [0.29, 0.717) is 0 Å². The normalized spacial score (nSPS) is 16.2. The fourth-order valence-corrected chi connectivity index (χ4v) is 5.27. The molecule has 4 aromatic rings. The molecule has 4 heteroatoms. The van der Waals surface area contributed by atoms with Crippen LogP contribution in [0.1, 0.15) is 27.0 Å². The summed E-state index contributed by atoms with van der Waals surface area (Å²) in [7, 11) is 0. The molecule has 1 aliphatic rings. The van der Waals surface area contributed by atoms with Gasteiger partial charge in [-0.3, -0.25) is 9.69 Å². The fraction of sp³-hybridized carbons (Fsp3) is 0.219. The minimum Gasteiger partial charge on any atom is -0.333 e. The number of piperazine rings is 1. The number of halogens is 1. The molecular weight excluding hydrogens is 464 g/mol. The van der Waals surface area contributed by atoms with Crippen LogP contribution in [0, 0.1) is 6.92 Å². The van der Waals surface area contributed by atoms with Gasteiger partial charge in [-0.05, 0) is 54.3 Å². The molecule has 1 aliphatic heterocycles. The molecule has 1 fully saturated rings. The maximum atomic E-state index is 13.4. The lowest BCUT2D eigenvalue weighted by Gasteiger charge is -2.42. The van der Waals surface area contributed by atoms with Gasteiger partial charge < -0.3 is 4.90 Å². The number of carbonyl (C=O) groups excluding carboxylic acids is 1. The highest BCUT2D eigenvalue weighted by molar-refractivity contribution is 6.33. The molecule has 1 saturated heterocycles. The molecule has 1 unspecified atom stereocenters. The second-order valence-corrected chi connectivity index (χ2v) is 10.0. The van der Waals surface area contributed by atoms with Crippen LogP contribution in [-0.2, 0) is 13.0 Å². The van der Waals surface area contributed by atoms with Gasteiger partial charge in [0.25, 0.3) is 5.91 Å². The number of hydrogen-bond donors (Lipinski definition) is 0. The van der Waals surface area contributed by atoms with E-state index in [4.69, 9.17) is 11.6 Å². The van der Waals surface area contributed by atoms with Gasteiger partial charge in [0.15, 0.2) is 0 Å². The highest BCUT2D eigenvalue weighted by Gasteiger charge is 2.31. The van der Waals surface area contributed by atoms with Crippen LogP contribution in [0.15, 0.2) is 103 Å². The standard InChI is InChI=1S/C32H31ClN2O/c1-24-12-17-31(33)30(20-24)27-15-13-26(14-16-27)22-34-18-19-35(32(36)28-10-6-3-7-11-28)29(23-34)21-25-8-4-2-5-9-25/h2-17,20,29H,18-19,21-23H2,1H3. The molecule has 0 aromatic heterocycles. The predicted octanol–water partition coefficient (Wildman–Crippen LogP) is 6.88. The summed E-state index contributed by atoms with van der Waals surface area (Å²) in [6, 6.07) is 35.1. The largest absolute Gasteiger partial charge is 0.333 e. The molecule has 3 nitrogen and oxygen atoms in total. The highest BCUT2D eigenvalue weighted by Crippen LogP contribution is 2.29. The summed E-state index contributed by atoms with van der Waals surface area (Å²) in [5.74, 6) is 0.121. The number of benzene rings is 4. The highest BCUT2D eigenvalue weighted by atomic mass is 35.5. The minimum atomic E-state index is 0.121. The Morgan fingerprint density at radius 3 is 2.25 bits per heavy atom. The first kappa shape index (κ1) is 24.3. The lowest BCUT2D eigenvalue weighted by Crippen LogP contribution is -2.55. The monoisotopic (exact) mass is 494 g/mol. The molecular formula is C32H31ClN2O. The van der Waals surface area contributed by atoms with E-state index in [2.05, 4.69) is 71.3 Å². The molecule has 0 N–H and O–H groups in total. The predicted molar refractivity (Wildman–Crippen MR) is 148 cm³/mol. The molecule has 1 heterocycles. The molecule has 1 amide bonds. The second kappa shape index (κ2) is 11.1. The lowest BCUT2D eigenvalue weighted by molar-refractivity contribution is 0.0439. The average Bonchev–Trinajstić information content (AvgIpc) is 2.91. The number of carbonyl (C=O) groups is 1. The third-order valence-corrected chi connectivity index (χ3v) is 7.29. The Bertz CT molecular complexity index is 1310. The summed E-state index contributed by atoms with van der Waals surface area (Å²) in [6.07, 6.45) is 0.848. The van der Waals surface area contributed by atoms with E-state index in [0.717, 1.165) is 54.3 Å². The van der Waals surface area contributed by atoms with Crippen LogP contribution in [0.2, 0.25) is 5.02 Å². The topological polar surface area (TPSA) is 23.6 Å². The molecule has 0 radical (unpaired) electrons. The molecule has 1 atom stereocenters. The molecule has 182 valence electrons. The van der Waals surface area contributed by atoms with Crippen molar-refractivity contribution >= 4 is 17.5 Å². The third kappa shape index (κ3) is 5.70. The van der Waals surface area contributed by atoms with Crippen LogP contribution in [0.25, 0.3) is 11.1 Å². The Hall–Kier alpha value is -3.40. The van der Waals surface area contributed by atoms with Gasteiger partial charge in [-0.2, -0.15) is 0 Å².